The molecule has 0 amide bonds. The number of rotatable bonds is 2. The zero-order chi connectivity index (χ0) is 27.1. The fraction of sp³-hybridized carbons (Fsp3) is 0.258. The number of ketones is 3. The van der Waals surface area contributed by atoms with Crippen LogP contribution in [0, 0.1) is 10.8 Å². The van der Waals surface area contributed by atoms with Gasteiger partial charge in [-0.25, -0.2) is 0 Å². The molecular weight excluding hydrogens is 585 g/mol. The third-order valence-electron chi connectivity index (χ3n) is 8.07. The van der Waals surface area contributed by atoms with Crippen molar-refractivity contribution in [1.82, 2.24) is 0 Å². The summed E-state index contributed by atoms with van der Waals surface area (Å²) in [5.41, 5.74) is 0.690. The molecule has 3 aliphatic rings. The number of anilines is 1. The van der Waals surface area contributed by atoms with Gasteiger partial charge in [0.2, 0.25) is 0 Å². The molecule has 0 bridgehead atoms. The van der Waals surface area contributed by atoms with Gasteiger partial charge in [-0.1, -0.05) is 102 Å². The molecule has 192 valence electrons. The molecule has 1 saturated heterocycles. The van der Waals surface area contributed by atoms with Crippen molar-refractivity contribution in [3.63, 3.8) is 0 Å². The van der Waals surface area contributed by atoms with E-state index in [-0.39, 0.29) is 17.3 Å². The van der Waals surface area contributed by atoms with E-state index in [0.717, 1.165) is 15.7 Å². The number of benzene rings is 3. The van der Waals surface area contributed by atoms with Crippen molar-refractivity contribution in [2.45, 2.75) is 38.8 Å². The number of fused-ring (bicyclic) bond motifs is 5. The molecule has 3 aromatic rings. The molecule has 1 spiro atoms. The minimum Gasteiger partial charge on any atom is -0.352 e. The third kappa shape index (κ3) is 3.38. The lowest BCUT2D eigenvalue weighted by molar-refractivity contribution is -0.127. The van der Waals surface area contributed by atoms with E-state index in [1.54, 1.807) is 42.5 Å². The Kier molecular flexibility index (Phi) is 5.81. The van der Waals surface area contributed by atoms with Crippen LogP contribution in [-0.4, -0.2) is 29.4 Å². The van der Waals surface area contributed by atoms with Gasteiger partial charge in [-0.3, -0.25) is 14.4 Å². The van der Waals surface area contributed by atoms with Crippen molar-refractivity contribution >= 4 is 68.2 Å². The molecule has 38 heavy (non-hydrogen) atoms. The Morgan fingerprint density at radius 2 is 1.61 bits per heavy atom. The first-order valence-corrected chi connectivity index (χ1v) is 14.0. The van der Waals surface area contributed by atoms with Gasteiger partial charge in [0.15, 0.2) is 17.3 Å². The maximum Gasteiger partial charge on any atom is 0.180 e. The van der Waals surface area contributed by atoms with Crippen LogP contribution in [0.2, 0.25) is 10.0 Å². The molecule has 0 saturated carbocycles. The fourth-order valence-electron chi connectivity index (χ4n) is 6.49. The summed E-state index contributed by atoms with van der Waals surface area (Å²) in [5.74, 6) is -1.47. The average Bonchev–Trinajstić information content (AvgIpc) is 3.29. The largest absolute Gasteiger partial charge is 0.352 e. The van der Waals surface area contributed by atoms with E-state index in [1.165, 1.54) is 0 Å². The maximum atomic E-state index is 14.6. The van der Waals surface area contributed by atoms with Crippen LogP contribution >= 0.6 is 39.1 Å². The Morgan fingerprint density at radius 1 is 0.947 bits per heavy atom. The molecule has 4 nitrogen and oxygen atoms in total. The second kappa shape index (κ2) is 8.64. The summed E-state index contributed by atoms with van der Waals surface area (Å²) in [5, 5.41) is 0.759. The smallest absolute Gasteiger partial charge is 0.180 e. The van der Waals surface area contributed by atoms with Crippen LogP contribution in [0.25, 0.3) is 6.08 Å². The summed E-state index contributed by atoms with van der Waals surface area (Å²) in [6.07, 6.45) is 3.85. The highest BCUT2D eigenvalue weighted by atomic mass is 79.9. The Labute approximate surface area is 239 Å². The zero-order valence-corrected chi connectivity index (χ0v) is 24.1. The molecule has 0 aromatic heterocycles. The van der Waals surface area contributed by atoms with Gasteiger partial charge in [0, 0.05) is 42.7 Å². The van der Waals surface area contributed by atoms with E-state index in [1.807, 2.05) is 56.0 Å². The van der Waals surface area contributed by atoms with E-state index < -0.39 is 28.8 Å². The fourth-order valence-corrected chi connectivity index (χ4v) is 7.39. The monoisotopic (exact) mass is 607 g/mol. The van der Waals surface area contributed by atoms with E-state index in [2.05, 4.69) is 15.9 Å². The van der Waals surface area contributed by atoms with E-state index in [0.29, 0.717) is 26.7 Å². The Morgan fingerprint density at radius 3 is 2.21 bits per heavy atom. The van der Waals surface area contributed by atoms with Crippen LogP contribution in [0.3, 0.4) is 0 Å². The topological polar surface area (TPSA) is 54.5 Å². The average molecular weight is 609 g/mol. The Balaban J connectivity index is 1.72. The van der Waals surface area contributed by atoms with E-state index in [4.69, 9.17) is 23.2 Å². The number of nitrogens with zero attached hydrogens (tertiary/aromatic N) is 1. The minimum atomic E-state index is -1.58. The molecule has 0 radical (unpaired) electrons. The van der Waals surface area contributed by atoms with Crippen molar-refractivity contribution in [2.24, 2.45) is 10.8 Å². The molecule has 3 atom stereocenters. The predicted octanol–water partition coefficient (Wildman–Crippen LogP) is 7.80. The van der Waals surface area contributed by atoms with Gasteiger partial charge in [-0.05, 0) is 41.5 Å². The molecular formula is C31H24BrCl2NO3. The summed E-state index contributed by atoms with van der Waals surface area (Å²) in [6, 6.07) is 16.3. The molecule has 2 aliphatic heterocycles. The van der Waals surface area contributed by atoms with Crippen LogP contribution < -0.4 is 4.90 Å². The first-order chi connectivity index (χ1) is 18.0. The van der Waals surface area contributed by atoms with Gasteiger partial charge >= 0.3 is 0 Å². The second-order valence-electron chi connectivity index (χ2n) is 11.2. The number of carbonyl (C=O) groups excluding carboxylic acids is 3. The SMILES string of the molecule is CC(C)(C)C(=O)[C@@H]1[C@H](c2ccc(Cl)cc2Cl)C2(C(=O)c3ccccc3C2=O)[C@@H]2C=Cc3cc(Br)ccc3N12. The summed E-state index contributed by atoms with van der Waals surface area (Å²) >= 11 is 16.6. The summed E-state index contributed by atoms with van der Waals surface area (Å²) in [6.45, 7) is 5.60. The van der Waals surface area contributed by atoms with Gasteiger partial charge in [0.25, 0.3) is 0 Å². The molecule has 7 heteroatoms. The van der Waals surface area contributed by atoms with Gasteiger partial charge < -0.3 is 4.90 Å². The number of halogens is 3. The van der Waals surface area contributed by atoms with E-state index >= 15 is 0 Å². The second-order valence-corrected chi connectivity index (χ2v) is 12.9. The highest BCUT2D eigenvalue weighted by molar-refractivity contribution is 9.10. The van der Waals surface area contributed by atoms with Crippen LogP contribution in [0.1, 0.15) is 58.5 Å². The lowest BCUT2D eigenvalue weighted by atomic mass is 9.63. The number of hydrogen-bond acceptors (Lipinski definition) is 4. The number of hydrogen-bond donors (Lipinski definition) is 0. The number of carbonyl (C=O) groups is 3. The molecule has 1 fully saturated rings. The van der Waals surface area contributed by atoms with Crippen LogP contribution in [0.5, 0.6) is 0 Å². The summed E-state index contributed by atoms with van der Waals surface area (Å²) in [4.78, 5) is 45.5. The van der Waals surface area contributed by atoms with Gasteiger partial charge in [-0.15, -0.1) is 0 Å². The van der Waals surface area contributed by atoms with E-state index in [9.17, 15) is 14.4 Å². The van der Waals surface area contributed by atoms with Crippen molar-refractivity contribution in [3.05, 3.63) is 104 Å². The molecule has 0 N–H and O–H groups in total. The quantitative estimate of drug-likeness (QED) is 0.279. The van der Waals surface area contributed by atoms with Crippen molar-refractivity contribution < 1.29 is 14.4 Å². The molecule has 3 aromatic carbocycles. The predicted molar refractivity (Wildman–Crippen MR) is 154 cm³/mol. The molecule has 2 heterocycles. The Hall–Kier alpha value is -2.73. The normalized spacial score (nSPS) is 23.0. The van der Waals surface area contributed by atoms with Gasteiger partial charge in [0.05, 0.1) is 12.1 Å². The maximum absolute atomic E-state index is 14.6. The van der Waals surface area contributed by atoms with Crippen LogP contribution in [0.15, 0.2) is 71.2 Å². The molecule has 0 unspecified atom stereocenters. The van der Waals surface area contributed by atoms with Crippen molar-refractivity contribution in [3.8, 4) is 0 Å². The molecule has 6 rings (SSSR count). The van der Waals surface area contributed by atoms with Crippen molar-refractivity contribution in [2.75, 3.05) is 4.90 Å². The van der Waals surface area contributed by atoms with Gasteiger partial charge in [-0.2, -0.15) is 0 Å². The Bertz CT molecular complexity index is 1550. The first-order valence-electron chi connectivity index (χ1n) is 12.4. The van der Waals surface area contributed by atoms with Gasteiger partial charge in [0.1, 0.15) is 5.41 Å². The molecule has 1 aliphatic carbocycles. The summed E-state index contributed by atoms with van der Waals surface area (Å²) < 4.78 is 0.893. The highest BCUT2D eigenvalue weighted by Gasteiger charge is 2.72. The van der Waals surface area contributed by atoms with Crippen LogP contribution in [-0.2, 0) is 4.79 Å². The van der Waals surface area contributed by atoms with Crippen molar-refractivity contribution in [1.29, 1.82) is 0 Å². The summed E-state index contributed by atoms with van der Waals surface area (Å²) in [7, 11) is 0. The highest BCUT2D eigenvalue weighted by Crippen LogP contribution is 2.62. The van der Waals surface area contributed by atoms with Crippen LogP contribution in [0.4, 0.5) is 5.69 Å². The zero-order valence-electron chi connectivity index (χ0n) is 21.0. The first kappa shape index (κ1) is 25.5. The number of Topliss-reactive ketones (excluding diaryl/α,β-unsaturated/α-hetero) is 3. The lowest BCUT2D eigenvalue weighted by Gasteiger charge is -2.38. The minimum absolute atomic E-state index is 0.0730. The standard InChI is InChI=1S/C31H24BrCl2NO3/c1-30(2,3)29(38)26-25(21-11-10-18(33)15-22(21)34)31(27(36)19-6-4-5-7-20(19)28(31)37)24-13-8-16-14-17(32)9-12-23(16)35(24)26/h4-15,24-26H,1-3H3/t24-,25-,26-/m0/s1. The lowest BCUT2D eigenvalue weighted by Crippen LogP contribution is -2.49. The third-order valence-corrected chi connectivity index (χ3v) is 9.13.